The normalized spacial score (nSPS) is 19.8. The molecule has 11 heteroatoms. The van der Waals surface area contributed by atoms with Crippen molar-refractivity contribution < 1.29 is 29.3 Å². The van der Waals surface area contributed by atoms with Crippen molar-refractivity contribution in [1.29, 1.82) is 0 Å². The van der Waals surface area contributed by atoms with E-state index in [4.69, 9.17) is 14.6 Å². The summed E-state index contributed by atoms with van der Waals surface area (Å²) in [5, 5.41) is 21.3. The fourth-order valence-corrected chi connectivity index (χ4v) is 6.36. The maximum Gasteiger partial charge on any atom is 0.303 e. The number of aliphatic hydroxyl groups excluding tert-OH is 1. The lowest BCUT2D eigenvalue weighted by atomic mass is 9.97. The van der Waals surface area contributed by atoms with Gasteiger partial charge in [0.25, 0.3) is 0 Å². The van der Waals surface area contributed by atoms with Crippen molar-refractivity contribution in [2.24, 2.45) is 0 Å². The number of carboxylic acid groups (broad SMARTS) is 1. The van der Waals surface area contributed by atoms with Gasteiger partial charge in [-0.15, -0.1) is 0 Å². The average Bonchev–Trinajstić information content (AvgIpc) is 3.14. The molecule has 2 aliphatic rings. The van der Waals surface area contributed by atoms with Gasteiger partial charge < -0.3 is 29.9 Å². The summed E-state index contributed by atoms with van der Waals surface area (Å²) in [5.41, 5.74) is 5.81. The molecule has 0 saturated carbocycles. The lowest BCUT2D eigenvalue weighted by Gasteiger charge is -2.40. The third-order valence-corrected chi connectivity index (χ3v) is 9.07. The Bertz CT molecular complexity index is 1660. The number of rotatable bonds is 13. The van der Waals surface area contributed by atoms with E-state index in [9.17, 15) is 14.7 Å². The molecule has 3 N–H and O–H groups in total. The molecule has 2 fully saturated rings. The minimum atomic E-state index is -0.901. The first-order valence-electron chi connectivity index (χ1n) is 16.9. The smallest absolute Gasteiger partial charge is 0.303 e. The number of hydrogen-bond donors (Lipinski definition) is 3. The first-order chi connectivity index (χ1) is 23.9. The topological polar surface area (TPSA) is 137 Å². The van der Waals surface area contributed by atoms with E-state index in [-0.39, 0.29) is 37.6 Å². The van der Waals surface area contributed by atoms with Gasteiger partial charge in [0.15, 0.2) is 6.29 Å². The minimum absolute atomic E-state index is 0.00515. The molecular formula is C38H43N5O6. The van der Waals surface area contributed by atoms with Gasteiger partial charge in [-0.1, -0.05) is 72.8 Å². The van der Waals surface area contributed by atoms with Gasteiger partial charge in [0.05, 0.1) is 18.8 Å². The number of aliphatic carboxylic acids is 1. The third-order valence-electron chi connectivity index (χ3n) is 9.07. The third kappa shape index (κ3) is 9.27. The summed E-state index contributed by atoms with van der Waals surface area (Å²) in [6, 6.07) is 25.9. The molecule has 3 atom stereocenters. The molecule has 4 aromatic rings. The molecule has 6 rings (SSSR count). The number of ether oxygens (including phenoxy) is 2. The highest BCUT2D eigenvalue weighted by Crippen LogP contribution is 2.39. The second kappa shape index (κ2) is 16.6. The van der Waals surface area contributed by atoms with E-state index in [2.05, 4.69) is 37.2 Å². The molecule has 0 radical (unpaired) electrons. The van der Waals surface area contributed by atoms with Crippen LogP contribution in [0.3, 0.4) is 0 Å². The molecule has 0 bridgehead atoms. The molecule has 0 spiro atoms. The average molecular weight is 666 g/mol. The highest BCUT2D eigenvalue weighted by atomic mass is 16.7. The molecule has 3 heterocycles. The monoisotopic (exact) mass is 665 g/mol. The lowest BCUT2D eigenvalue weighted by Crippen LogP contribution is -2.50. The first kappa shape index (κ1) is 34.2. The fraction of sp³-hybridized carbons (Fsp3) is 0.368. The number of nitrogens with zero attached hydrogens (tertiary/aromatic N) is 4. The van der Waals surface area contributed by atoms with Crippen molar-refractivity contribution in [2.75, 3.05) is 37.6 Å². The number of carbonyl (C=O) groups is 2. The lowest BCUT2D eigenvalue weighted by molar-refractivity contribution is -0.253. The van der Waals surface area contributed by atoms with Crippen LogP contribution < -0.4 is 10.2 Å². The molecule has 11 nitrogen and oxygen atoms in total. The Kier molecular flexibility index (Phi) is 11.6. The Balaban J connectivity index is 1.13. The molecule has 49 heavy (non-hydrogen) atoms. The van der Waals surface area contributed by atoms with Crippen molar-refractivity contribution in [3.05, 3.63) is 114 Å². The molecule has 3 unspecified atom stereocenters. The summed E-state index contributed by atoms with van der Waals surface area (Å²) in [5.74, 6) is -0.304. The second-order valence-electron chi connectivity index (χ2n) is 12.5. The number of carbonyl (C=O) groups excluding carboxylic acids is 1. The van der Waals surface area contributed by atoms with Crippen LogP contribution in [0.25, 0.3) is 11.1 Å². The van der Waals surface area contributed by atoms with Crippen LogP contribution in [0.4, 0.5) is 5.95 Å². The largest absolute Gasteiger partial charge is 0.481 e. The molecular weight excluding hydrogens is 622 g/mol. The molecule has 2 saturated heterocycles. The van der Waals surface area contributed by atoms with Gasteiger partial charge in [0, 0.05) is 76.5 Å². The van der Waals surface area contributed by atoms with E-state index in [1.807, 2.05) is 66.7 Å². The van der Waals surface area contributed by atoms with E-state index < -0.39 is 12.3 Å². The van der Waals surface area contributed by atoms with Crippen molar-refractivity contribution in [3.8, 4) is 11.1 Å². The SMILES string of the molecule is O=C(O)CCCC(=O)NCc1ccccc1-c1ccc(C2OC(CN3CCN(c4ncccn4)CC3)CC(c3ccc(CO)cc3)O2)cc1. The van der Waals surface area contributed by atoms with Gasteiger partial charge in [-0.25, -0.2) is 9.97 Å². The van der Waals surface area contributed by atoms with Gasteiger partial charge in [0.1, 0.15) is 0 Å². The van der Waals surface area contributed by atoms with E-state index >= 15 is 0 Å². The maximum absolute atomic E-state index is 12.3. The summed E-state index contributed by atoms with van der Waals surface area (Å²) < 4.78 is 13.2. The highest BCUT2D eigenvalue weighted by molar-refractivity contribution is 5.77. The first-order valence-corrected chi connectivity index (χ1v) is 16.9. The predicted octanol–water partition coefficient (Wildman–Crippen LogP) is 4.87. The van der Waals surface area contributed by atoms with Crippen molar-refractivity contribution >= 4 is 17.8 Å². The predicted molar refractivity (Wildman–Crippen MR) is 184 cm³/mol. The summed E-state index contributed by atoms with van der Waals surface area (Å²) >= 11 is 0. The molecule has 3 aromatic carbocycles. The molecule has 1 amide bonds. The summed E-state index contributed by atoms with van der Waals surface area (Å²) in [7, 11) is 0. The molecule has 0 aliphatic carbocycles. The molecule has 1 aromatic heterocycles. The Morgan fingerprint density at radius 1 is 0.837 bits per heavy atom. The molecule has 2 aliphatic heterocycles. The van der Waals surface area contributed by atoms with E-state index in [0.717, 1.165) is 72.1 Å². The Labute approximate surface area is 286 Å². The van der Waals surface area contributed by atoms with E-state index in [1.165, 1.54) is 0 Å². The zero-order valence-corrected chi connectivity index (χ0v) is 27.5. The van der Waals surface area contributed by atoms with Crippen LogP contribution in [0.2, 0.25) is 0 Å². The van der Waals surface area contributed by atoms with Crippen LogP contribution in [0.1, 0.15) is 60.3 Å². The maximum atomic E-state index is 12.3. The zero-order valence-electron chi connectivity index (χ0n) is 27.5. The van der Waals surface area contributed by atoms with Crippen LogP contribution in [0, 0.1) is 0 Å². The number of carboxylic acids is 1. The quantitative estimate of drug-likeness (QED) is 0.181. The van der Waals surface area contributed by atoms with Gasteiger partial charge in [-0.2, -0.15) is 0 Å². The highest BCUT2D eigenvalue weighted by Gasteiger charge is 2.34. The number of piperazine rings is 1. The van der Waals surface area contributed by atoms with Crippen LogP contribution in [-0.4, -0.2) is 75.8 Å². The van der Waals surface area contributed by atoms with Gasteiger partial charge in [0.2, 0.25) is 11.9 Å². The summed E-state index contributed by atoms with van der Waals surface area (Å²) in [6.45, 7) is 4.59. The van der Waals surface area contributed by atoms with Crippen LogP contribution in [0.5, 0.6) is 0 Å². The zero-order chi connectivity index (χ0) is 34.0. The van der Waals surface area contributed by atoms with Crippen molar-refractivity contribution in [3.63, 3.8) is 0 Å². The van der Waals surface area contributed by atoms with Crippen LogP contribution in [0.15, 0.2) is 91.3 Å². The van der Waals surface area contributed by atoms with E-state index in [0.29, 0.717) is 19.4 Å². The van der Waals surface area contributed by atoms with Crippen molar-refractivity contribution in [2.45, 2.75) is 57.3 Å². The minimum Gasteiger partial charge on any atom is -0.481 e. The van der Waals surface area contributed by atoms with E-state index in [1.54, 1.807) is 12.4 Å². The van der Waals surface area contributed by atoms with Crippen LogP contribution in [-0.2, 0) is 32.2 Å². The van der Waals surface area contributed by atoms with Gasteiger partial charge >= 0.3 is 5.97 Å². The number of aliphatic hydroxyl groups is 1. The number of amides is 1. The number of nitrogens with one attached hydrogen (secondary N) is 1. The molecule has 256 valence electrons. The standard InChI is InChI=1S/C38H43N5O6/c44-26-27-9-11-29(12-10-27)34-23-32(25-42-19-21-43(22-20-42)38-39-17-4-18-40-38)48-37(49-34)30-15-13-28(14-16-30)33-6-2-1-5-31(33)24-41-35(45)7-3-8-36(46)47/h1-2,4-6,9-18,32,34,37,44H,3,7-8,19-26H2,(H,41,45)(H,46,47). The number of benzene rings is 3. The summed E-state index contributed by atoms with van der Waals surface area (Å²) in [6.07, 6.45) is 3.94. The Morgan fingerprint density at radius 3 is 2.27 bits per heavy atom. The summed E-state index contributed by atoms with van der Waals surface area (Å²) in [4.78, 5) is 36.5. The van der Waals surface area contributed by atoms with Gasteiger partial charge in [-0.05, 0) is 40.3 Å². The Morgan fingerprint density at radius 2 is 1.55 bits per heavy atom. The number of anilines is 1. The number of aromatic nitrogens is 2. The van der Waals surface area contributed by atoms with Crippen molar-refractivity contribution in [1.82, 2.24) is 20.2 Å². The fourth-order valence-electron chi connectivity index (χ4n) is 6.36. The number of hydrogen-bond acceptors (Lipinski definition) is 9. The van der Waals surface area contributed by atoms with Crippen LogP contribution >= 0.6 is 0 Å². The van der Waals surface area contributed by atoms with Gasteiger partial charge in [-0.3, -0.25) is 14.5 Å². The Hall–Kier alpha value is -4.68. The second-order valence-corrected chi connectivity index (χ2v) is 12.5.